The van der Waals surface area contributed by atoms with E-state index in [9.17, 15) is 13.2 Å². The van der Waals surface area contributed by atoms with Crippen LogP contribution in [0.2, 0.25) is 0 Å². The van der Waals surface area contributed by atoms with E-state index in [0.717, 1.165) is 16.5 Å². The molecule has 1 fully saturated rings. The lowest BCUT2D eigenvalue weighted by Crippen LogP contribution is -2.53. The summed E-state index contributed by atoms with van der Waals surface area (Å²) < 4.78 is 28.2. The number of nitrogens with one attached hydrogen (secondary N) is 1. The topological polar surface area (TPSA) is 73.0 Å². The largest absolute Gasteiger partial charge is 0.325 e. The molecule has 0 aromatic heterocycles. The Morgan fingerprint density at radius 1 is 1.00 bits per heavy atom. The number of carbonyl (C=O) groups excluding carboxylic acids is 1. The van der Waals surface area contributed by atoms with Gasteiger partial charge >= 0.3 is 0 Å². The summed E-state index contributed by atoms with van der Waals surface area (Å²) in [5.74, 6) is -0.0282. The summed E-state index contributed by atoms with van der Waals surface area (Å²) in [6, 6.07) is 13.8. The van der Waals surface area contributed by atoms with Crippen LogP contribution in [0.15, 0.2) is 42.5 Å². The second kappa shape index (κ2) is 9.67. The summed E-state index contributed by atoms with van der Waals surface area (Å²) in [5.41, 5.74) is 0.822. The van der Waals surface area contributed by atoms with Crippen LogP contribution in [0.3, 0.4) is 0 Å². The monoisotopic (exact) mass is 418 g/mol. The van der Waals surface area contributed by atoms with Gasteiger partial charge in [0.15, 0.2) is 0 Å². The van der Waals surface area contributed by atoms with E-state index in [4.69, 9.17) is 0 Å². The van der Waals surface area contributed by atoms with Gasteiger partial charge in [0.2, 0.25) is 5.91 Å². The summed E-state index contributed by atoms with van der Waals surface area (Å²) >= 11 is 0. The predicted octanol–water partition coefficient (Wildman–Crippen LogP) is 2.37. The van der Waals surface area contributed by atoms with Crippen LogP contribution in [0.5, 0.6) is 0 Å². The molecule has 29 heavy (non-hydrogen) atoms. The summed E-state index contributed by atoms with van der Waals surface area (Å²) in [6.07, 6.45) is 0.381. The number of piperazine rings is 1. The van der Waals surface area contributed by atoms with E-state index in [2.05, 4.69) is 10.2 Å². The highest BCUT2D eigenvalue weighted by atomic mass is 32.2. The van der Waals surface area contributed by atoms with Gasteiger partial charge in [-0.2, -0.15) is 17.0 Å². The van der Waals surface area contributed by atoms with Crippen molar-refractivity contribution in [3.63, 3.8) is 0 Å². The lowest BCUT2D eigenvalue weighted by molar-refractivity contribution is -0.116. The quantitative estimate of drug-likeness (QED) is 0.714. The Bertz CT molecular complexity index is 931. The first-order valence-electron chi connectivity index (χ1n) is 10.2. The molecule has 8 heteroatoms. The fraction of sp³-hybridized carbons (Fsp3) is 0.476. The predicted molar refractivity (Wildman–Crippen MR) is 117 cm³/mol. The molecular weight excluding hydrogens is 388 g/mol. The molecule has 0 saturated carbocycles. The Morgan fingerprint density at radius 3 is 2.34 bits per heavy atom. The second-order valence-electron chi connectivity index (χ2n) is 7.16. The zero-order valence-electron chi connectivity index (χ0n) is 17.2. The molecule has 158 valence electrons. The molecule has 2 aromatic carbocycles. The van der Waals surface area contributed by atoms with E-state index in [1.54, 1.807) is 4.31 Å². The van der Waals surface area contributed by atoms with Crippen molar-refractivity contribution in [1.82, 2.24) is 13.5 Å². The number of nitrogens with zero attached hydrogens (tertiary/aromatic N) is 3. The zero-order valence-corrected chi connectivity index (χ0v) is 18.0. The Kier molecular flexibility index (Phi) is 7.23. The van der Waals surface area contributed by atoms with Gasteiger partial charge < -0.3 is 10.2 Å². The molecule has 1 saturated heterocycles. The maximum Gasteiger partial charge on any atom is 0.282 e. The molecule has 7 nitrogen and oxygen atoms in total. The first-order chi connectivity index (χ1) is 14.0. The molecule has 1 aliphatic rings. The molecule has 1 aliphatic heterocycles. The van der Waals surface area contributed by atoms with E-state index in [-0.39, 0.29) is 5.91 Å². The number of hydrogen-bond donors (Lipinski definition) is 1. The number of fused-ring (bicyclic) bond motifs is 1. The fourth-order valence-corrected chi connectivity index (χ4v) is 5.31. The summed E-state index contributed by atoms with van der Waals surface area (Å²) in [5, 5.41) is 5.13. The van der Waals surface area contributed by atoms with Crippen molar-refractivity contribution in [2.24, 2.45) is 0 Å². The van der Waals surface area contributed by atoms with Crippen LogP contribution < -0.4 is 5.32 Å². The third kappa shape index (κ3) is 5.14. The van der Waals surface area contributed by atoms with Gasteiger partial charge in [-0.25, -0.2) is 0 Å². The summed E-state index contributed by atoms with van der Waals surface area (Å²) in [7, 11) is -3.38. The molecule has 2 aromatic rings. The second-order valence-corrected chi connectivity index (χ2v) is 9.09. The van der Waals surface area contributed by atoms with Gasteiger partial charge in [-0.3, -0.25) is 4.79 Å². The maximum atomic E-state index is 12.6. The molecular formula is C21H30N4O3S. The van der Waals surface area contributed by atoms with Crippen molar-refractivity contribution >= 4 is 32.6 Å². The standard InChI is InChI=1S/C21H30N4O3S/c1-3-24(4-2)29(27,28)25-16-14-23(15-17-25)13-12-21(26)22-20-11-7-9-18-8-5-6-10-19(18)20/h5-11H,3-4,12-17H2,1-2H3,(H,22,26). The third-order valence-corrected chi connectivity index (χ3v) is 7.59. The number of anilines is 1. The molecule has 3 rings (SSSR count). The molecule has 0 spiro atoms. The maximum absolute atomic E-state index is 12.6. The molecule has 0 bridgehead atoms. The normalized spacial score (nSPS) is 16.4. The van der Waals surface area contributed by atoms with E-state index in [0.29, 0.717) is 52.2 Å². The Labute approximate surface area is 173 Å². The highest BCUT2D eigenvalue weighted by Crippen LogP contribution is 2.23. The molecule has 0 atom stereocenters. The highest BCUT2D eigenvalue weighted by Gasteiger charge is 2.30. The van der Waals surface area contributed by atoms with Crippen molar-refractivity contribution < 1.29 is 13.2 Å². The molecule has 1 amide bonds. The van der Waals surface area contributed by atoms with Gasteiger partial charge in [0.25, 0.3) is 10.2 Å². The average Bonchev–Trinajstić information content (AvgIpc) is 2.73. The molecule has 1 N–H and O–H groups in total. The summed E-state index contributed by atoms with van der Waals surface area (Å²) in [6.45, 7) is 7.49. The van der Waals surface area contributed by atoms with Crippen molar-refractivity contribution in [3.8, 4) is 0 Å². The van der Waals surface area contributed by atoms with Gasteiger partial charge in [-0.15, -0.1) is 0 Å². The van der Waals surface area contributed by atoms with Crippen LogP contribution in [-0.2, 0) is 15.0 Å². The van der Waals surface area contributed by atoms with Gasteiger partial charge in [-0.05, 0) is 11.5 Å². The zero-order chi connectivity index (χ0) is 20.9. The van der Waals surface area contributed by atoms with Crippen molar-refractivity contribution in [3.05, 3.63) is 42.5 Å². The minimum atomic E-state index is -3.38. The Hall–Kier alpha value is -2.00. The molecule has 0 aliphatic carbocycles. The van der Waals surface area contributed by atoms with Crippen LogP contribution in [-0.4, -0.2) is 73.6 Å². The Balaban J connectivity index is 1.50. The SMILES string of the molecule is CCN(CC)S(=O)(=O)N1CCN(CCC(=O)Nc2cccc3ccccc23)CC1. The van der Waals surface area contributed by atoms with E-state index in [1.165, 1.54) is 4.31 Å². The lowest BCUT2D eigenvalue weighted by Gasteiger charge is -2.36. The number of carbonyl (C=O) groups is 1. The fourth-order valence-electron chi connectivity index (χ4n) is 3.70. The highest BCUT2D eigenvalue weighted by molar-refractivity contribution is 7.86. The minimum absolute atomic E-state index is 0.0282. The van der Waals surface area contributed by atoms with Crippen LogP contribution >= 0.6 is 0 Å². The van der Waals surface area contributed by atoms with Crippen LogP contribution in [0.4, 0.5) is 5.69 Å². The molecule has 0 radical (unpaired) electrons. The number of hydrogen-bond acceptors (Lipinski definition) is 4. The number of benzene rings is 2. The smallest absolute Gasteiger partial charge is 0.282 e. The van der Waals surface area contributed by atoms with Crippen molar-refractivity contribution in [2.45, 2.75) is 20.3 Å². The first kappa shape index (κ1) is 21.7. The van der Waals surface area contributed by atoms with Crippen LogP contribution in [0.1, 0.15) is 20.3 Å². The third-order valence-electron chi connectivity index (χ3n) is 5.41. The lowest BCUT2D eigenvalue weighted by atomic mass is 10.1. The van der Waals surface area contributed by atoms with Gasteiger partial charge in [-0.1, -0.05) is 50.2 Å². The van der Waals surface area contributed by atoms with E-state index >= 15 is 0 Å². The average molecular weight is 419 g/mol. The van der Waals surface area contributed by atoms with Crippen molar-refractivity contribution in [2.75, 3.05) is 51.1 Å². The van der Waals surface area contributed by atoms with Crippen LogP contribution in [0, 0.1) is 0 Å². The summed E-state index contributed by atoms with van der Waals surface area (Å²) in [4.78, 5) is 14.6. The Morgan fingerprint density at radius 2 is 1.66 bits per heavy atom. The van der Waals surface area contributed by atoms with Gasteiger partial charge in [0.05, 0.1) is 0 Å². The van der Waals surface area contributed by atoms with Crippen LogP contribution in [0.25, 0.3) is 10.8 Å². The molecule has 0 unspecified atom stereocenters. The van der Waals surface area contributed by atoms with Gasteiger partial charge in [0.1, 0.15) is 0 Å². The van der Waals surface area contributed by atoms with Gasteiger partial charge in [0, 0.05) is 63.3 Å². The van der Waals surface area contributed by atoms with Crippen molar-refractivity contribution in [1.29, 1.82) is 0 Å². The number of amides is 1. The number of rotatable bonds is 8. The van der Waals surface area contributed by atoms with E-state index < -0.39 is 10.2 Å². The molecule has 1 heterocycles. The first-order valence-corrected chi connectivity index (χ1v) is 11.6. The minimum Gasteiger partial charge on any atom is -0.325 e. The van der Waals surface area contributed by atoms with E-state index in [1.807, 2.05) is 56.3 Å².